The number of hydrogen-bond acceptors (Lipinski definition) is 7. The van der Waals surface area contributed by atoms with E-state index in [1.54, 1.807) is 20.8 Å². The van der Waals surface area contributed by atoms with Gasteiger partial charge in [0, 0.05) is 12.1 Å². The Kier molecular flexibility index (Phi) is 8.83. The van der Waals surface area contributed by atoms with Gasteiger partial charge < -0.3 is 10.5 Å². The van der Waals surface area contributed by atoms with Crippen molar-refractivity contribution in [1.29, 1.82) is 0 Å². The average Bonchev–Trinajstić information content (AvgIpc) is 2.29. The molecule has 8 heteroatoms. The Morgan fingerprint density at radius 2 is 1.67 bits per heavy atom. The fourth-order valence-corrected chi connectivity index (χ4v) is 0.584. The van der Waals surface area contributed by atoms with Gasteiger partial charge in [-0.1, -0.05) is 6.58 Å². The van der Waals surface area contributed by atoms with Gasteiger partial charge >= 0.3 is 16.4 Å². The van der Waals surface area contributed by atoms with Crippen LogP contribution in [0.2, 0.25) is 0 Å². The summed E-state index contributed by atoms with van der Waals surface area (Å²) < 4.78 is 32.5. The Morgan fingerprint density at radius 1 is 1.28 bits per heavy atom. The molecule has 0 heterocycles. The maximum Gasteiger partial charge on any atom is 0.399 e. The fourth-order valence-electron chi connectivity index (χ4n) is 0.448. The number of rotatable bonds is 5. The molecule has 0 aliphatic carbocycles. The SMILES string of the molecule is C=C(C)C(=O)OC(C)(C)CN.COS(=O)(=O)OC. The zero-order chi connectivity index (χ0) is 15.0. The quantitative estimate of drug-likeness (QED) is 0.574. The molecule has 0 aromatic rings. The first-order valence-electron chi connectivity index (χ1n) is 4.96. The lowest BCUT2D eigenvalue weighted by Crippen LogP contribution is -2.36. The van der Waals surface area contributed by atoms with E-state index in [9.17, 15) is 13.2 Å². The Morgan fingerprint density at radius 3 is 1.83 bits per heavy atom. The molecule has 0 aliphatic heterocycles. The first kappa shape index (κ1) is 19.4. The third-order valence-corrected chi connectivity index (χ3v) is 2.43. The molecule has 2 N–H and O–H groups in total. The van der Waals surface area contributed by atoms with Crippen molar-refractivity contribution in [2.75, 3.05) is 20.8 Å². The number of nitrogens with two attached hydrogens (primary N) is 1. The fraction of sp³-hybridized carbons (Fsp3) is 0.700. The average molecular weight is 283 g/mol. The molecule has 0 spiro atoms. The monoisotopic (exact) mass is 283 g/mol. The summed E-state index contributed by atoms with van der Waals surface area (Å²) in [6.07, 6.45) is 0. The number of ether oxygens (including phenoxy) is 1. The normalized spacial score (nSPS) is 11.2. The predicted molar refractivity (Wildman–Crippen MR) is 67.0 cm³/mol. The summed E-state index contributed by atoms with van der Waals surface area (Å²) in [6.45, 7) is 8.89. The van der Waals surface area contributed by atoms with Crippen molar-refractivity contribution in [2.45, 2.75) is 26.4 Å². The van der Waals surface area contributed by atoms with Gasteiger partial charge in [-0.3, -0.25) is 8.37 Å². The maximum absolute atomic E-state index is 10.9. The lowest BCUT2D eigenvalue weighted by atomic mass is 10.1. The lowest BCUT2D eigenvalue weighted by Gasteiger charge is -2.22. The Hall–Kier alpha value is -0.960. The highest BCUT2D eigenvalue weighted by Gasteiger charge is 2.20. The van der Waals surface area contributed by atoms with Crippen LogP contribution in [0.15, 0.2) is 12.2 Å². The summed E-state index contributed by atoms with van der Waals surface area (Å²) in [6, 6.07) is 0. The Balaban J connectivity index is 0. The van der Waals surface area contributed by atoms with Crippen molar-refractivity contribution >= 4 is 16.4 Å². The molecule has 0 atom stereocenters. The molecule has 0 amide bonds. The molecule has 0 saturated heterocycles. The summed E-state index contributed by atoms with van der Waals surface area (Å²) in [4.78, 5) is 10.9. The lowest BCUT2D eigenvalue weighted by molar-refractivity contribution is -0.150. The molecule has 0 fully saturated rings. The van der Waals surface area contributed by atoms with Crippen molar-refractivity contribution in [3.63, 3.8) is 0 Å². The standard InChI is InChI=1S/C8H15NO2.C2H6O4S/c1-6(2)7(10)11-8(3,4)5-9;1-5-7(3,4)6-2/h1,5,9H2,2-4H3;1-2H3. The van der Waals surface area contributed by atoms with Gasteiger partial charge in [0.15, 0.2) is 0 Å². The molecule has 0 radical (unpaired) electrons. The van der Waals surface area contributed by atoms with Gasteiger partial charge in [0.25, 0.3) is 0 Å². The molecule has 108 valence electrons. The van der Waals surface area contributed by atoms with Crippen LogP contribution in [0.4, 0.5) is 0 Å². The number of carbonyl (C=O) groups excluding carboxylic acids is 1. The first-order valence-corrected chi connectivity index (χ1v) is 6.29. The van der Waals surface area contributed by atoms with Crippen LogP contribution in [0.1, 0.15) is 20.8 Å². The molecular formula is C10H21NO6S. The van der Waals surface area contributed by atoms with E-state index in [0.29, 0.717) is 12.1 Å². The zero-order valence-electron chi connectivity index (χ0n) is 11.3. The van der Waals surface area contributed by atoms with Crippen LogP contribution in [0.3, 0.4) is 0 Å². The van der Waals surface area contributed by atoms with Gasteiger partial charge in [-0.2, -0.15) is 8.42 Å². The van der Waals surface area contributed by atoms with E-state index < -0.39 is 16.0 Å². The molecule has 0 bridgehead atoms. The van der Waals surface area contributed by atoms with E-state index in [2.05, 4.69) is 14.9 Å². The van der Waals surface area contributed by atoms with Gasteiger partial charge in [0.1, 0.15) is 5.60 Å². The second-order valence-corrected chi connectivity index (χ2v) is 5.36. The minimum atomic E-state index is -3.66. The van der Waals surface area contributed by atoms with Crippen LogP contribution in [-0.4, -0.2) is 40.8 Å². The van der Waals surface area contributed by atoms with Crippen LogP contribution in [0.5, 0.6) is 0 Å². The van der Waals surface area contributed by atoms with Gasteiger partial charge in [-0.05, 0) is 20.8 Å². The van der Waals surface area contributed by atoms with Crippen LogP contribution < -0.4 is 5.73 Å². The number of carbonyl (C=O) groups is 1. The van der Waals surface area contributed by atoms with Crippen molar-refractivity contribution in [2.24, 2.45) is 5.73 Å². The highest BCUT2D eigenvalue weighted by molar-refractivity contribution is 7.81. The second kappa shape index (κ2) is 8.20. The predicted octanol–water partition coefficient (Wildman–Crippen LogP) is 0.367. The van der Waals surface area contributed by atoms with Crippen LogP contribution in [0, 0.1) is 0 Å². The summed E-state index contributed by atoms with van der Waals surface area (Å²) >= 11 is 0. The van der Waals surface area contributed by atoms with Crippen molar-refractivity contribution in [3.05, 3.63) is 12.2 Å². The topological polar surface area (TPSA) is 105 Å². The molecule has 0 aromatic carbocycles. The van der Waals surface area contributed by atoms with Crippen LogP contribution in [-0.2, 0) is 28.3 Å². The van der Waals surface area contributed by atoms with Crippen LogP contribution >= 0.6 is 0 Å². The van der Waals surface area contributed by atoms with Gasteiger partial charge in [-0.15, -0.1) is 0 Å². The van der Waals surface area contributed by atoms with Crippen molar-refractivity contribution in [1.82, 2.24) is 0 Å². The molecule has 0 saturated carbocycles. The summed E-state index contributed by atoms with van der Waals surface area (Å²) in [7, 11) is -1.60. The second-order valence-electron chi connectivity index (χ2n) is 3.88. The Labute approximate surface area is 108 Å². The number of esters is 1. The summed E-state index contributed by atoms with van der Waals surface area (Å²) in [5.74, 6) is -0.388. The molecule has 18 heavy (non-hydrogen) atoms. The van der Waals surface area contributed by atoms with E-state index >= 15 is 0 Å². The van der Waals surface area contributed by atoms with Crippen molar-refractivity contribution in [3.8, 4) is 0 Å². The first-order chi connectivity index (χ1) is 8.01. The third-order valence-electron chi connectivity index (χ3n) is 1.62. The molecule has 0 rings (SSSR count). The van der Waals surface area contributed by atoms with Gasteiger partial charge in [-0.25, -0.2) is 4.79 Å². The van der Waals surface area contributed by atoms with Gasteiger partial charge in [0.2, 0.25) is 0 Å². The van der Waals surface area contributed by atoms with E-state index in [4.69, 9.17) is 10.5 Å². The molecule has 0 aliphatic rings. The molecule has 0 unspecified atom stereocenters. The smallest absolute Gasteiger partial charge is 0.399 e. The van der Waals surface area contributed by atoms with E-state index in [1.807, 2.05) is 0 Å². The Bertz CT molecular complexity index is 364. The largest absolute Gasteiger partial charge is 0.455 e. The minimum absolute atomic E-state index is 0.312. The van der Waals surface area contributed by atoms with Crippen molar-refractivity contribution < 1.29 is 26.3 Å². The van der Waals surface area contributed by atoms with E-state index in [1.165, 1.54) is 0 Å². The van der Waals surface area contributed by atoms with Gasteiger partial charge in [0.05, 0.1) is 14.2 Å². The molecular weight excluding hydrogens is 262 g/mol. The zero-order valence-corrected chi connectivity index (χ0v) is 12.2. The number of hydrogen-bond donors (Lipinski definition) is 1. The minimum Gasteiger partial charge on any atom is -0.455 e. The van der Waals surface area contributed by atoms with Crippen LogP contribution in [0.25, 0.3) is 0 Å². The van der Waals surface area contributed by atoms with E-state index in [-0.39, 0.29) is 5.97 Å². The summed E-state index contributed by atoms with van der Waals surface area (Å²) in [5, 5.41) is 0. The summed E-state index contributed by atoms with van der Waals surface area (Å²) in [5.41, 5.74) is 5.16. The molecule has 7 nitrogen and oxygen atoms in total. The highest BCUT2D eigenvalue weighted by atomic mass is 32.3. The third kappa shape index (κ3) is 10.2. The molecule has 0 aromatic heterocycles. The maximum atomic E-state index is 10.9. The highest BCUT2D eigenvalue weighted by Crippen LogP contribution is 2.08. The van der Waals surface area contributed by atoms with E-state index in [0.717, 1.165) is 14.2 Å².